The van der Waals surface area contributed by atoms with Crippen molar-refractivity contribution in [3.63, 3.8) is 0 Å². The largest absolute Gasteiger partial charge is 1.00 e. The molecule has 1 aromatic rings. The molecule has 27 heavy (non-hydrogen) atoms. The molecular weight excluding hydrogens is 371 g/mol. The van der Waals surface area contributed by atoms with Crippen molar-refractivity contribution < 1.29 is 71.2 Å². The summed E-state index contributed by atoms with van der Waals surface area (Å²) in [6, 6.07) is 5.38. The average molecular weight is 392 g/mol. The Morgan fingerprint density at radius 1 is 1.41 bits per heavy atom. The smallest absolute Gasteiger partial charge is 0.543 e. The first-order valence-electron chi connectivity index (χ1n) is 9.06. The Kier molecular flexibility index (Phi) is 6.40. The van der Waals surface area contributed by atoms with Crippen LogP contribution in [0.4, 0.5) is 0 Å². The van der Waals surface area contributed by atoms with Crippen molar-refractivity contribution in [2.45, 2.75) is 38.3 Å². The van der Waals surface area contributed by atoms with Gasteiger partial charge >= 0.3 is 51.4 Å². The topological polar surface area (TPSA) is 93.6 Å². The van der Waals surface area contributed by atoms with E-state index in [0.717, 1.165) is 30.5 Å². The Labute approximate surface area is 200 Å². The average Bonchev–Trinajstić information content (AvgIpc) is 2.92. The Balaban J connectivity index is 0.00000210. The van der Waals surface area contributed by atoms with Crippen LogP contribution in [-0.2, 0) is 9.59 Å². The number of carboxylic acid groups (broad SMARTS) is 1. The molecule has 1 N–H and O–H groups in total. The fraction of sp³-hybridized carbons (Fsp3) is 0.450. The third-order valence-electron chi connectivity index (χ3n) is 5.84. The molecule has 1 aromatic heterocycles. The number of carboxylic acids is 1. The third kappa shape index (κ3) is 3.49. The van der Waals surface area contributed by atoms with Gasteiger partial charge in [-0.3, -0.25) is 9.78 Å². The van der Waals surface area contributed by atoms with Crippen LogP contribution < -0.4 is 56.5 Å². The molecule has 0 spiro atoms. The number of hydrogen-bond donors (Lipinski definition) is 1. The summed E-state index contributed by atoms with van der Waals surface area (Å²) in [6.45, 7) is 1.60. The van der Waals surface area contributed by atoms with Crippen molar-refractivity contribution >= 4 is 18.0 Å². The Morgan fingerprint density at radius 2 is 2.19 bits per heavy atom. The number of rotatable bonds is 4. The molecule has 0 bridgehead atoms. The molecule has 3 aliphatic rings. The molecule has 0 radical (unpaired) electrons. The van der Waals surface area contributed by atoms with E-state index in [2.05, 4.69) is 4.98 Å². The molecule has 136 valence electrons. The molecule has 4 rings (SSSR count). The molecule has 7 heteroatoms. The number of carbonyl (C=O) groups is 2. The molecule has 0 unspecified atom stereocenters. The standard InChI is InChI=1S/C20H22N2O4.K/c1-11(23)15-17-14-7-4-5-12(8-9-13-6-2-3-10-21-13)16(14)18(20(25)26)22(17)19(15)24;/h2-3,6,8-12,14-15,17,23H,4-5,7H2,1H3,(H,25,26);/q;+1/p-1/b9-8+;/t11-,12-,14+,15-,17-;/m1./s1. The predicted octanol–water partition coefficient (Wildman–Crippen LogP) is -2.26. The van der Waals surface area contributed by atoms with Crippen LogP contribution in [0, 0.1) is 17.8 Å². The van der Waals surface area contributed by atoms with E-state index in [1.165, 1.54) is 4.90 Å². The number of carbonyl (C=O) groups excluding carboxylic acids is 2. The first-order chi connectivity index (χ1) is 12.5. The van der Waals surface area contributed by atoms with Gasteiger partial charge in [-0.2, -0.15) is 0 Å². The number of aliphatic carboxylic acids is 1. The summed E-state index contributed by atoms with van der Waals surface area (Å²) < 4.78 is 0. The van der Waals surface area contributed by atoms with Crippen molar-refractivity contribution in [1.29, 1.82) is 0 Å². The summed E-state index contributed by atoms with van der Waals surface area (Å²) in [5, 5.41) is 21.8. The second kappa shape index (κ2) is 8.27. The van der Waals surface area contributed by atoms with E-state index in [1.54, 1.807) is 13.1 Å². The zero-order valence-electron chi connectivity index (χ0n) is 15.5. The summed E-state index contributed by atoms with van der Waals surface area (Å²) in [7, 11) is 0. The molecule has 1 saturated heterocycles. The second-order valence-corrected chi connectivity index (χ2v) is 7.31. The van der Waals surface area contributed by atoms with Gasteiger partial charge in [-0.15, -0.1) is 0 Å². The monoisotopic (exact) mass is 392 g/mol. The zero-order valence-corrected chi connectivity index (χ0v) is 18.7. The summed E-state index contributed by atoms with van der Waals surface area (Å²) in [5.74, 6) is -2.21. The van der Waals surface area contributed by atoms with Crippen molar-refractivity contribution in [3.05, 3.63) is 47.4 Å². The molecule has 2 aliphatic heterocycles. The van der Waals surface area contributed by atoms with E-state index in [9.17, 15) is 19.8 Å². The van der Waals surface area contributed by atoms with E-state index in [0.29, 0.717) is 0 Å². The van der Waals surface area contributed by atoms with E-state index in [-0.39, 0.29) is 80.9 Å². The third-order valence-corrected chi connectivity index (χ3v) is 5.84. The normalized spacial score (nSPS) is 30.4. The molecule has 3 heterocycles. The Hall–Kier alpha value is -0.834. The van der Waals surface area contributed by atoms with Crippen LogP contribution in [0.5, 0.6) is 0 Å². The molecule has 1 amide bonds. The summed E-state index contributed by atoms with van der Waals surface area (Å²) >= 11 is 0. The number of β-lactam (4-membered cyclic amide) rings is 1. The van der Waals surface area contributed by atoms with Crippen LogP contribution in [-0.4, -0.2) is 39.0 Å². The van der Waals surface area contributed by atoms with Crippen LogP contribution in [0.1, 0.15) is 31.9 Å². The van der Waals surface area contributed by atoms with Gasteiger partial charge in [-0.05, 0) is 43.5 Å². The van der Waals surface area contributed by atoms with Crippen LogP contribution in [0.15, 0.2) is 41.7 Å². The fourth-order valence-corrected chi connectivity index (χ4v) is 4.81. The SMILES string of the molecule is C[C@@H](O)[C@H]1C(=O)N2C(C(=O)[O-])=C3[C@@H](/C=C/c4ccccn4)CCC[C@@H]3[C@H]12.[K+]. The van der Waals surface area contributed by atoms with E-state index < -0.39 is 18.0 Å². The van der Waals surface area contributed by atoms with Gasteiger partial charge in [0.2, 0.25) is 5.91 Å². The minimum absolute atomic E-state index is 0. The number of fused-ring (bicyclic) bond motifs is 3. The Bertz CT molecular complexity index is 805. The number of aliphatic hydroxyl groups excluding tert-OH is 1. The fourth-order valence-electron chi connectivity index (χ4n) is 4.81. The van der Waals surface area contributed by atoms with Gasteiger partial charge in [0.1, 0.15) is 0 Å². The molecule has 5 atom stereocenters. The van der Waals surface area contributed by atoms with Crippen LogP contribution >= 0.6 is 0 Å². The van der Waals surface area contributed by atoms with Gasteiger partial charge in [0.25, 0.3) is 0 Å². The van der Waals surface area contributed by atoms with Crippen molar-refractivity contribution in [2.75, 3.05) is 0 Å². The van der Waals surface area contributed by atoms with Gasteiger partial charge in [-0.25, -0.2) is 0 Å². The maximum absolute atomic E-state index is 12.4. The number of aromatic nitrogens is 1. The van der Waals surface area contributed by atoms with Gasteiger partial charge in [0.15, 0.2) is 0 Å². The number of aliphatic hydroxyl groups is 1. The molecule has 1 saturated carbocycles. The van der Waals surface area contributed by atoms with E-state index in [1.807, 2.05) is 30.4 Å². The first-order valence-corrected chi connectivity index (χ1v) is 9.06. The van der Waals surface area contributed by atoms with E-state index in [4.69, 9.17) is 0 Å². The number of nitrogens with zero attached hydrogens (tertiary/aromatic N) is 2. The minimum Gasteiger partial charge on any atom is -0.543 e. The zero-order chi connectivity index (χ0) is 18.4. The van der Waals surface area contributed by atoms with Crippen molar-refractivity contribution in [1.82, 2.24) is 9.88 Å². The molecular formula is C20H21KN2O4. The van der Waals surface area contributed by atoms with Gasteiger partial charge in [0.05, 0.1) is 35.4 Å². The minimum atomic E-state index is -1.30. The van der Waals surface area contributed by atoms with Gasteiger partial charge in [0, 0.05) is 18.0 Å². The summed E-state index contributed by atoms with van der Waals surface area (Å²) in [5.41, 5.74) is 1.62. The predicted molar refractivity (Wildman–Crippen MR) is 91.9 cm³/mol. The number of allylic oxidation sites excluding steroid dienone is 1. The Morgan fingerprint density at radius 3 is 2.81 bits per heavy atom. The van der Waals surface area contributed by atoms with Gasteiger partial charge < -0.3 is 19.9 Å². The molecule has 1 aliphatic carbocycles. The maximum Gasteiger partial charge on any atom is 1.00 e. The summed E-state index contributed by atoms with van der Waals surface area (Å²) in [6.07, 6.45) is 7.43. The van der Waals surface area contributed by atoms with E-state index >= 15 is 0 Å². The number of amides is 1. The van der Waals surface area contributed by atoms with Crippen LogP contribution in [0.2, 0.25) is 0 Å². The second-order valence-electron chi connectivity index (χ2n) is 7.31. The summed E-state index contributed by atoms with van der Waals surface area (Å²) in [4.78, 5) is 29.9. The maximum atomic E-state index is 12.4. The van der Waals surface area contributed by atoms with Crippen molar-refractivity contribution in [2.24, 2.45) is 17.8 Å². The van der Waals surface area contributed by atoms with Crippen LogP contribution in [0.25, 0.3) is 6.08 Å². The number of hydrogen-bond acceptors (Lipinski definition) is 5. The first kappa shape index (κ1) is 20.9. The molecule has 0 aromatic carbocycles. The molecule has 2 fully saturated rings. The van der Waals surface area contributed by atoms with Crippen molar-refractivity contribution in [3.8, 4) is 0 Å². The molecule has 6 nitrogen and oxygen atoms in total. The quantitative estimate of drug-likeness (QED) is 0.461. The van der Waals surface area contributed by atoms with Crippen LogP contribution in [0.3, 0.4) is 0 Å². The van der Waals surface area contributed by atoms with Gasteiger partial charge in [-0.1, -0.05) is 18.6 Å². The number of pyridine rings is 1.